The van der Waals surface area contributed by atoms with Crippen LogP contribution in [0.1, 0.15) is 12.3 Å². The molecule has 0 amide bonds. The molecule has 0 saturated carbocycles. The molecule has 6 heteroatoms. The van der Waals surface area contributed by atoms with Crippen LogP contribution in [0.15, 0.2) is 16.8 Å². The standard InChI is InChI=1S/C8H11N5O/c9-3-1-2-7-12-13-8(14-7)6-4-10-11-5-6/h4-5H,1-3,9H2,(H,10,11). The topological polar surface area (TPSA) is 93.6 Å². The predicted octanol–water partition coefficient (Wildman–Crippen LogP) is 0.351. The van der Waals surface area contributed by atoms with Gasteiger partial charge in [0.15, 0.2) is 0 Å². The number of aromatic nitrogens is 4. The summed E-state index contributed by atoms with van der Waals surface area (Å²) in [7, 11) is 0. The van der Waals surface area contributed by atoms with Gasteiger partial charge in [-0.25, -0.2) is 0 Å². The van der Waals surface area contributed by atoms with E-state index in [1.807, 2.05) is 0 Å². The average Bonchev–Trinajstić information content (AvgIpc) is 2.85. The van der Waals surface area contributed by atoms with E-state index in [4.69, 9.17) is 10.2 Å². The Bertz CT molecular complexity index is 380. The van der Waals surface area contributed by atoms with E-state index >= 15 is 0 Å². The third-order valence-corrected chi connectivity index (χ3v) is 1.81. The minimum Gasteiger partial charge on any atom is -0.421 e. The van der Waals surface area contributed by atoms with Crippen molar-refractivity contribution in [1.29, 1.82) is 0 Å². The molecular formula is C8H11N5O. The van der Waals surface area contributed by atoms with E-state index in [1.54, 1.807) is 12.4 Å². The van der Waals surface area contributed by atoms with Crippen LogP contribution < -0.4 is 5.73 Å². The Kier molecular flexibility index (Phi) is 2.55. The van der Waals surface area contributed by atoms with Gasteiger partial charge in [-0.2, -0.15) is 5.10 Å². The van der Waals surface area contributed by atoms with Crippen molar-refractivity contribution in [1.82, 2.24) is 20.4 Å². The summed E-state index contributed by atoms with van der Waals surface area (Å²) in [5, 5.41) is 14.3. The van der Waals surface area contributed by atoms with E-state index in [9.17, 15) is 0 Å². The second-order valence-electron chi connectivity index (χ2n) is 2.88. The second kappa shape index (κ2) is 4.01. The Hall–Kier alpha value is -1.69. The van der Waals surface area contributed by atoms with Crippen LogP contribution in [-0.4, -0.2) is 26.9 Å². The number of H-pyrrole nitrogens is 1. The van der Waals surface area contributed by atoms with Gasteiger partial charge in [-0.1, -0.05) is 0 Å². The first kappa shape index (κ1) is 8.89. The molecule has 0 unspecified atom stereocenters. The molecule has 0 aromatic carbocycles. The molecule has 0 fully saturated rings. The molecule has 0 saturated heterocycles. The Morgan fingerprint density at radius 1 is 1.43 bits per heavy atom. The maximum atomic E-state index is 5.39. The number of hydrogen-bond acceptors (Lipinski definition) is 5. The van der Waals surface area contributed by atoms with Crippen LogP contribution in [0.5, 0.6) is 0 Å². The minimum atomic E-state index is 0.491. The molecule has 0 aliphatic heterocycles. The maximum absolute atomic E-state index is 5.39. The van der Waals surface area contributed by atoms with Crippen molar-refractivity contribution in [2.24, 2.45) is 5.73 Å². The summed E-state index contributed by atoms with van der Waals surface area (Å²) in [6, 6.07) is 0. The number of aromatic amines is 1. The summed E-state index contributed by atoms with van der Waals surface area (Å²) in [5.41, 5.74) is 6.18. The van der Waals surface area contributed by atoms with Crippen LogP contribution in [0.4, 0.5) is 0 Å². The van der Waals surface area contributed by atoms with Gasteiger partial charge in [-0.3, -0.25) is 5.10 Å². The molecule has 0 radical (unpaired) electrons. The van der Waals surface area contributed by atoms with Crippen LogP contribution in [-0.2, 0) is 6.42 Å². The van der Waals surface area contributed by atoms with Crippen LogP contribution in [0.25, 0.3) is 11.5 Å². The zero-order chi connectivity index (χ0) is 9.80. The number of nitrogens with zero attached hydrogens (tertiary/aromatic N) is 3. The first-order valence-electron chi connectivity index (χ1n) is 4.42. The van der Waals surface area contributed by atoms with Crippen LogP contribution in [0.3, 0.4) is 0 Å². The van der Waals surface area contributed by atoms with Crippen molar-refractivity contribution in [2.75, 3.05) is 6.54 Å². The summed E-state index contributed by atoms with van der Waals surface area (Å²) >= 11 is 0. The molecule has 3 N–H and O–H groups in total. The molecule has 0 spiro atoms. The molecule has 2 rings (SSSR count). The fraction of sp³-hybridized carbons (Fsp3) is 0.375. The summed E-state index contributed by atoms with van der Waals surface area (Å²) in [6.45, 7) is 0.628. The highest BCUT2D eigenvalue weighted by Crippen LogP contribution is 2.15. The quantitative estimate of drug-likeness (QED) is 0.730. The van der Waals surface area contributed by atoms with E-state index in [-0.39, 0.29) is 0 Å². The SMILES string of the molecule is NCCCc1nnc(-c2cn[nH]c2)o1. The van der Waals surface area contributed by atoms with Gasteiger partial charge in [0.2, 0.25) is 5.89 Å². The third-order valence-electron chi connectivity index (χ3n) is 1.81. The lowest BCUT2D eigenvalue weighted by Gasteiger charge is -1.89. The molecular weight excluding hydrogens is 182 g/mol. The van der Waals surface area contributed by atoms with E-state index in [2.05, 4.69) is 20.4 Å². The summed E-state index contributed by atoms with van der Waals surface area (Å²) in [6.07, 6.45) is 4.93. The minimum absolute atomic E-state index is 0.491. The summed E-state index contributed by atoms with van der Waals surface area (Å²) in [5.74, 6) is 1.11. The Labute approximate surface area is 80.5 Å². The Balaban J connectivity index is 2.10. The van der Waals surface area contributed by atoms with E-state index in [0.717, 1.165) is 18.4 Å². The van der Waals surface area contributed by atoms with E-state index < -0.39 is 0 Å². The largest absolute Gasteiger partial charge is 0.421 e. The second-order valence-corrected chi connectivity index (χ2v) is 2.88. The predicted molar refractivity (Wildman–Crippen MR) is 49.3 cm³/mol. The highest BCUT2D eigenvalue weighted by Gasteiger charge is 2.08. The highest BCUT2D eigenvalue weighted by atomic mass is 16.4. The lowest BCUT2D eigenvalue weighted by molar-refractivity contribution is 0.499. The summed E-state index contributed by atoms with van der Waals surface area (Å²) < 4.78 is 5.39. The van der Waals surface area contributed by atoms with Crippen LogP contribution >= 0.6 is 0 Å². The first-order valence-corrected chi connectivity index (χ1v) is 4.42. The fourth-order valence-electron chi connectivity index (χ4n) is 1.09. The molecule has 0 aliphatic rings. The average molecular weight is 193 g/mol. The van der Waals surface area contributed by atoms with Crippen molar-refractivity contribution in [2.45, 2.75) is 12.8 Å². The van der Waals surface area contributed by atoms with Crippen molar-refractivity contribution in [3.05, 3.63) is 18.3 Å². The molecule has 0 bridgehead atoms. The van der Waals surface area contributed by atoms with Gasteiger partial charge in [0.05, 0.1) is 11.8 Å². The van der Waals surface area contributed by atoms with Gasteiger partial charge in [-0.05, 0) is 13.0 Å². The molecule has 0 atom stereocenters. The smallest absolute Gasteiger partial charge is 0.250 e. The van der Waals surface area contributed by atoms with Gasteiger partial charge in [0.25, 0.3) is 5.89 Å². The lowest BCUT2D eigenvalue weighted by atomic mass is 10.3. The number of hydrogen-bond donors (Lipinski definition) is 2. The zero-order valence-corrected chi connectivity index (χ0v) is 7.60. The number of aryl methyl sites for hydroxylation is 1. The zero-order valence-electron chi connectivity index (χ0n) is 7.60. The van der Waals surface area contributed by atoms with Crippen molar-refractivity contribution in [3.63, 3.8) is 0 Å². The number of rotatable bonds is 4. The monoisotopic (exact) mass is 193 g/mol. The normalized spacial score (nSPS) is 10.6. The van der Waals surface area contributed by atoms with Crippen molar-refractivity contribution >= 4 is 0 Å². The lowest BCUT2D eigenvalue weighted by Crippen LogP contribution is -2.00. The summed E-state index contributed by atoms with van der Waals surface area (Å²) in [4.78, 5) is 0. The molecule has 2 aromatic heterocycles. The molecule has 14 heavy (non-hydrogen) atoms. The fourth-order valence-corrected chi connectivity index (χ4v) is 1.09. The third kappa shape index (κ3) is 1.80. The highest BCUT2D eigenvalue weighted by molar-refractivity contribution is 5.48. The van der Waals surface area contributed by atoms with Crippen LogP contribution in [0, 0.1) is 0 Å². The molecule has 2 aromatic rings. The van der Waals surface area contributed by atoms with Crippen molar-refractivity contribution in [3.8, 4) is 11.5 Å². The van der Waals surface area contributed by atoms with Gasteiger partial charge >= 0.3 is 0 Å². The maximum Gasteiger partial charge on any atom is 0.250 e. The van der Waals surface area contributed by atoms with Crippen molar-refractivity contribution < 1.29 is 4.42 Å². The van der Waals surface area contributed by atoms with Gasteiger partial charge in [-0.15, -0.1) is 10.2 Å². The van der Waals surface area contributed by atoms with Gasteiger partial charge in [0, 0.05) is 12.6 Å². The Morgan fingerprint density at radius 2 is 2.36 bits per heavy atom. The number of nitrogens with two attached hydrogens (primary N) is 1. The first-order chi connectivity index (χ1) is 6.90. The van der Waals surface area contributed by atoms with Crippen LogP contribution in [0.2, 0.25) is 0 Å². The molecule has 2 heterocycles. The van der Waals surface area contributed by atoms with E-state index in [0.29, 0.717) is 18.3 Å². The Morgan fingerprint density at radius 3 is 3.07 bits per heavy atom. The molecule has 6 nitrogen and oxygen atoms in total. The van der Waals surface area contributed by atoms with Gasteiger partial charge in [0.1, 0.15) is 0 Å². The number of nitrogens with one attached hydrogen (secondary N) is 1. The van der Waals surface area contributed by atoms with E-state index in [1.165, 1.54) is 0 Å². The molecule has 74 valence electrons. The van der Waals surface area contributed by atoms with Gasteiger partial charge < -0.3 is 10.2 Å². The molecule has 0 aliphatic carbocycles.